The van der Waals surface area contributed by atoms with E-state index in [1.54, 1.807) is 12.1 Å². The van der Waals surface area contributed by atoms with Gasteiger partial charge >= 0.3 is 12.3 Å². The van der Waals surface area contributed by atoms with E-state index < -0.39 is 17.8 Å². The molecule has 0 bridgehead atoms. The van der Waals surface area contributed by atoms with Crippen molar-refractivity contribution in [3.8, 4) is 0 Å². The SMILES string of the molecule is C[C@H]1OC(=O)NC12CC(C(=O)N1CCC3(CC[C@H](c4ccc(C(F)(F)F)cc4)C3)CC1)C2. The monoisotopic (exact) mass is 450 g/mol. The van der Waals surface area contributed by atoms with Crippen LogP contribution in [0.3, 0.4) is 0 Å². The molecule has 1 aromatic rings. The third-order valence-electron chi connectivity index (χ3n) is 8.53. The van der Waals surface area contributed by atoms with Crippen LogP contribution in [0.15, 0.2) is 24.3 Å². The zero-order valence-electron chi connectivity index (χ0n) is 18.2. The van der Waals surface area contributed by atoms with Crippen molar-refractivity contribution in [1.29, 1.82) is 0 Å². The molecule has 2 saturated carbocycles. The minimum absolute atomic E-state index is 0.0584. The van der Waals surface area contributed by atoms with E-state index in [4.69, 9.17) is 4.74 Å². The summed E-state index contributed by atoms with van der Waals surface area (Å²) in [6.07, 6.45) is 1.30. The smallest absolute Gasteiger partial charge is 0.416 e. The molecule has 2 saturated heterocycles. The highest BCUT2D eigenvalue weighted by Crippen LogP contribution is 2.53. The van der Waals surface area contributed by atoms with Crippen molar-refractivity contribution >= 4 is 12.0 Å². The summed E-state index contributed by atoms with van der Waals surface area (Å²) in [4.78, 5) is 26.5. The lowest BCUT2D eigenvalue weighted by molar-refractivity contribution is -0.144. The zero-order valence-corrected chi connectivity index (χ0v) is 18.2. The third-order valence-corrected chi connectivity index (χ3v) is 8.53. The molecule has 2 heterocycles. The van der Waals surface area contributed by atoms with Gasteiger partial charge < -0.3 is 15.0 Å². The lowest BCUT2D eigenvalue weighted by Gasteiger charge is -2.48. The van der Waals surface area contributed by atoms with Crippen LogP contribution >= 0.6 is 0 Å². The zero-order chi connectivity index (χ0) is 22.7. The second-order valence-electron chi connectivity index (χ2n) is 10.3. The topological polar surface area (TPSA) is 58.6 Å². The molecule has 0 aromatic heterocycles. The van der Waals surface area contributed by atoms with Crippen molar-refractivity contribution in [2.45, 2.75) is 75.6 Å². The Kier molecular flexibility index (Phi) is 4.98. The van der Waals surface area contributed by atoms with Gasteiger partial charge in [-0.3, -0.25) is 4.79 Å². The van der Waals surface area contributed by atoms with Gasteiger partial charge in [-0.25, -0.2) is 4.79 Å². The number of nitrogens with zero attached hydrogens (tertiary/aromatic N) is 1. The van der Waals surface area contributed by atoms with Crippen LogP contribution in [0.1, 0.15) is 68.9 Å². The molecule has 2 amide bonds. The summed E-state index contributed by atoms with van der Waals surface area (Å²) in [5, 5.41) is 2.88. The Morgan fingerprint density at radius 1 is 1.09 bits per heavy atom. The van der Waals surface area contributed by atoms with Gasteiger partial charge in [-0.2, -0.15) is 13.2 Å². The van der Waals surface area contributed by atoms with Gasteiger partial charge in [0.25, 0.3) is 0 Å². The van der Waals surface area contributed by atoms with E-state index in [2.05, 4.69) is 5.32 Å². The minimum atomic E-state index is -4.30. The maximum absolute atomic E-state index is 13.0. The molecular formula is C24H29F3N2O3. The van der Waals surface area contributed by atoms with Crippen molar-refractivity contribution in [3.63, 3.8) is 0 Å². The Labute approximate surface area is 185 Å². The summed E-state index contributed by atoms with van der Waals surface area (Å²) in [6, 6.07) is 5.63. The van der Waals surface area contributed by atoms with Gasteiger partial charge in [-0.05, 0) is 80.9 Å². The average Bonchev–Trinajstić information content (AvgIpc) is 3.27. The number of rotatable bonds is 2. The Bertz CT molecular complexity index is 900. The lowest BCUT2D eigenvalue weighted by atomic mass is 9.65. The molecular weight excluding hydrogens is 421 g/mol. The molecule has 2 aliphatic carbocycles. The number of benzene rings is 1. The molecule has 1 aromatic carbocycles. The van der Waals surface area contributed by atoms with Crippen LogP contribution in [0.2, 0.25) is 0 Å². The second-order valence-corrected chi connectivity index (χ2v) is 10.3. The van der Waals surface area contributed by atoms with Gasteiger partial charge in [0.1, 0.15) is 6.10 Å². The first-order valence-corrected chi connectivity index (χ1v) is 11.5. The molecule has 1 N–H and O–H groups in total. The number of nitrogens with one attached hydrogen (secondary N) is 1. The molecule has 2 spiro atoms. The molecule has 8 heteroatoms. The second kappa shape index (κ2) is 7.39. The van der Waals surface area contributed by atoms with Crippen molar-refractivity contribution in [1.82, 2.24) is 10.2 Å². The molecule has 5 rings (SSSR count). The molecule has 2 atom stereocenters. The van der Waals surface area contributed by atoms with E-state index in [9.17, 15) is 22.8 Å². The van der Waals surface area contributed by atoms with Gasteiger partial charge in [-0.15, -0.1) is 0 Å². The Morgan fingerprint density at radius 3 is 2.31 bits per heavy atom. The van der Waals surface area contributed by atoms with Gasteiger partial charge in [0, 0.05) is 19.0 Å². The summed E-state index contributed by atoms with van der Waals surface area (Å²) >= 11 is 0. The predicted octanol–water partition coefficient (Wildman–Crippen LogP) is 4.86. The van der Waals surface area contributed by atoms with Crippen molar-refractivity contribution in [2.24, 2.45) is 11.3 Å². The number of carbonyl (C=O) groups is 2. The van der Waals surface area contributed by atoms with E-state index in [1.165, 1.54) is 12.1 Å². The van der Waals surface area contributed by atoms with E-state index in [-0.39, 0.29) is 28.9 Å². The van der Waals surface area contributed by atoms with Gasteiger partial charge in [0.2, 0.25) is 5.91 Å². The van der Waals surface area contributed by atoms with Gasteiger partial charge in [0.15, 0.2) is 0 Å². The number of carbonyl (C=O) groups excluding carboxylic acids is 2. The molecule has 4 aliphatic rings. The fourth-order valence-corrected chi connectivity index (χ4v) is 6.39. The first-order chi connectivity index (χ1) is 15.1. The first-order valence-electron chi connectivity index (χ1n) is 11.5. The van der Waals surface area contributed by atoms with E-state index >= 15 is 0 Å². The Hall–Kier alpha value is -2.25. The van der Waals surface area contributed by atoms with Crippen molar-refractivity contribution in [2.75, 3.05) is 13.1 Å². The van der Waals surface area contributed by atoms with E-state index in [0.717, 1.165) is 50.8 Å². The van der Waals surface area contributed by atoms with Gasteiger partial charge in [-0.1, -0.05) is 12.1 Å². The predicted molar refractivity (Wildman–Crippen MR) is 111 cm³/mol. The van der Waals surface area contributed by atoms with Crippen LogP contribution in [0, 0.1) is 11.3 Å². The highest BCUT2D eigenvalue weighted by molar-refractivity contribution is 5.82. The largest absolute Gasteiger partial charge is 0.444 e. The highest BCUT2D eigenvalue weighted by atomic mass is 19.4. The molecule has 2 aliphatic heterocycles. The number of hydrogen-bond acceptors (Lipinski definition) is 3. The van der Waals surface area contributed by atoms with Gasteiger partial charge in [0.05, 0.1) is 11.1 Å². The molecule has 5 nitrogen and oxygen atoms in total. The minimum Gasteiger partial charge on any atom is -0.444 e. The summed E-state index contributed by atoms with van der Waals surface area (Å²) in [5.41, 5.74) is 0.196. The number of piperidine rings is 1. The number of likely N-dealkylation sites (tertiary alicyclic amines) is 1. The number of ether oxygens (including phenoxy) is 1. The molecule has 32 heavy (non-hydrogen) atoms. The van der Waals surface area contributed by atoms with Crippen molar-refractivity contribution < 1.29 is 27.5 Å². The van der Waals surface area contributed by atoms with Crippen LogP contribution in [-0.4, -0.2) is 41.6 Å². The quantitative estimate of drug-likeness (QED) is 0.700. The number of alkyl carbamates (subject to hydrolysis) is 1. The summed E-state index contributed by atoms with van der Waals surface area (Å²) in [7, 11) is 0. The molecule has 0 unspecified atom stereocenters. The lowest BCUT2D eigenvalue weighted by Crippen LogP contribution is -2.61. The van der Waals surface area contributed by atoms with Crippen LogP contribution in [0.5, 0.6) is 0 Å². The Morgan fingerprint density at radius 2 is 1.75 bits per heavy atom. The number of halogens is 3. The first kappa shape index (κ1) is 21.6. The van der Waals surface area contributed by atoms with E-state index in [0.29, 0.717) is 18.8 Å². The summed E-state index contributed by atoms with van der Waals surface area (Å²) in [5.74, 6) is 0.409. The maximum atomic E-state index is 13.0. The van der Waals surface area contributed by atoms with Crippen LogP contribution in [0.25, 0.3) is 0 Å². The normalized spacial score (nSPS) is 33.8. The standard InChI is InChI=1S/C24H29F3N2O3/c1-15-23(28-21(31)32-15)13-18(14-23)20(30)29-10-8-22(9-11-29)7-6-17(12-22)16-2-4-19(5-3-16)24(25,26)27/h2-5,15,17-18H,6-14H2,1H3,(H,28,31)/t15-,17+,18?,23?/m1/s1. The summed E-state index contributed by atoms with van der Waals surface area (Å²) < 4.78 is 43.7. The fourth-order valence-electron chi connectivity index (χ4n) is 6.39. The number of amides is 2. The van der Waals surface area contributed by atoms with Crippen LogP contribution < -0.4 is 5.32 Å². The number of cyclic esters (lactones) is 1. The van der Waals surface area contributed by atoms with Crippen molar-refractivity contribution in [3.05, 3.63) is 35.4 Å². The Balaban J connectivity index is 1.14. The van der Waals surface area contributed by atoms with E-state index in [1.807, 2.05) is 11.8 Å². The molecule has 0 radical (unpaired) electrons. The molecule has 4 fully saturated rings. The highest BCUT2D eigenvalue weighted by Gasteiger charge is 2.57. The number of hydrogen-bond donors (Lipinski definition) is 1. The molecule has 174 valence electrons. The maximum Gasteiger partial charge on any atom is 0.416 e. The third kappa shape index (κ3) is 3.65. The fraction of sp³-hybridized carbons (Fsp3) is 0.667. The van der Waals surface area contributed by atoms with Crippen LogP contribution in [-0.2, 0) is 15.7 Å². The number of alkyl halides is 3. The summed E-state index contributed by atoms with van der Waals surface area (Å²) in [6.45, 7) is 3.34. The van der Waals surface area contributed by atoms with Crippen LogP contribution in [0.4, 0.5) is 18.0 Å². The average molecular weight is 451 g/mol.